The second-order valence-electron chi connectivity index (χ2n) is 4.68. The number of carbonyl (C=O) groups is 1. The summed E-state index contributed by atoms with van der Waals surface area (Å²) in [6, 6.07) is 2.13. The summed E-state index contributed by atoms with van der Waals surface area (Å²) in [4.78, 5) is 16.0. The standard InChI is InChI=1S/C13H15N3OS4/c1-8(20-13-15-14-12(18-2)21-13)11(17)16-5-3-10-9(7-16)4-6-19-10/h4,6,8H,3,5,7H2,1-2H3. The molecule has 0 aromatic carbocycles. The molecule has 1 atom stereocenters. The van der Waals surface area contributed by atoms with Crippen LogP contribution in [0.4, 0.5) is 0 Å². The Morgan fingerprint density at radius 1 is 1.43 bits per heavy atom. The number of rotatable bonds is 4. The van der Waals surface area contributed by atoms with Gasteiger partial charge in [-0.05, 0) is 36.6 Å². The summed E-state index contributed by atoms with van der Waals surface area (Å²) in [5.41, 5.74) is 1.30. The van der Waals surface area contributed by atoms with Gasteiger partial charge in [0.2, 0.25) is 5.91 Å². The van der Waals surface area contributed by atoms with Gasteiger partial charge in [0.05, 0.1) is 5.25 Å². The fourth-order valence-corrected chi connectivity index (χ4v) is 5.78. The van der Waals surface area contributed by atoms with Crippen LogP contribution in [-0.2, 0) is 17.8 Å². The summed E-state index contributed by atoms with van der Waals surface area (Å²) in [6.45, 7) is 3.52. The van der Waals surface area contributed by atoms with Crippen LogP contribution >= 0.6 is 46.2 Å². The van der Waals surface area contributed by atoms with Crippen molar-refractivity contribution in [2.24, 2.45) is 0 Å². The number of hydrogen-bond donors (Lipinski definition) is 0. The van der Waals surface area contributed by atoms with E-state index < -0.39 is 0 Å². The molecule has 2 aromatic rings. The Morgan fingerprint density at radius 3 is 3.00 bits per heavy atom. The van der Waals surface area contributed by atoms with E-state index in [4.69, 9.17) is 0 Å². The van der Waals surface area contributed by atoms with Crippen molar-refractivity contribution in [3.8, 4) is 0 Å². The van der Waals surface area contributed by atoms with Crippen molar-refractivity contribution in [3.63, 3.8) is 0 Å². The van der Waals surface area contributed by atoms with Crippen molar-refractivity contribution in [3.05, 3.63) is 21.9 Å². The van der Waals surface area contributed by atoms with Gasteiger partial charge < -0.3 is 4.90 Å². The first kappa shape index (κ1) is 15.3. The van der Waals surface area contributed by atoms with Gasteiger partial charge >= 0.3 is 0 Å². The molecule has 1 aliphatic heterocycles. The van der Waals surface area contributed by atoms with E-state index in [2.05, 4.69) is 21.6 Å². The minimum atomic E-state index is -0.118. The zero-order chi connectivity index (χ0) is 14.8. The predicted molar refractivity (Wildman–Crippen MR) is 90.4 cm³/mol. The molecule has 3 rings (SSSR count). The largest absolute Gasteiger partial charge is 0.337 e. The van der Waals surface area contributed by atoms with Gasteiger partial charge in [0, 0.05) is 18.0 Å². The second kappa shape index (κ2) is 6.68. The lowest BCUT2D eigenvalue weighted by Gasteiger charge is -2.28. The van der Waals surface area contributed by atoms with Gasteiger partial charge in [-0.25, -0.2) is 0 Å². The highest BCUT2D eigenvalue weighted by Crippen LogP contribution is 2.32. The Kier molecular flexibility index (Phi) is 4.88. The Balaban J connectivity index is 1.62. The second-order valence-corrected chi connectivity index (χ2v) is 9.30. The molecule has 0 saturated carbocycles. The SMILES string of the molecule is CSc1nnc(SC(C)C(=O)N2CCc3sccc3C2)s1. The van der Waals surface area contributed by atoms with E-state index in [1.165, 1.54) is 22.2 Å². The third-order valence-corrected chi connectivity index (χ3v) is 7.40. The average Bonchev–Trinajstić information content (AvgIpc) is 3.13. The Morgan fingerprint density at radius 2 is 2.24 bits per heavy atom. The van der Waals surface area contributed by atoms with Crippen molar-refractivity contribution >= 4 is 52.1 Å². The van der Waals surface area contributed by atoms with Crippen LogP contribution in [0.2, 0.25) is 0 Å². The van der Waals surface area contributed by atoms with Gasteiger partial charge in [0.1, 0.15) is 0 Å². The molecule has 1 amide bonds. The zero-order valence-corrected chi connectivity index (χ0v) is 15.0. The third-order valence-electron chi connectivity index (χ3n) is 3.31. The third kappa shape index (κ3) is 3.44. The number of thioether (sulfide) groups is 2. The van der Waals surface area contributed by atoms with E-state index in [1.54, 1.807) is 34.4 Å². The number of amides is 1. The first-order chi connectivity index (χ1) is 10.2. The molecule has 8 heteroatoms. The van der Waals surface area contributed by atoms with E-state index in [0.29, 0.717) is 0 Å². The number of thiophene rings is 1. The van der Waals surface area contributed by atoms with E-state index in [-0.39, 0.29) is 11.2 Å². The lowest BCUT2D eigenvalue weighted by Crippen LogP contribution is -2.39. The number of fused-ring (bicyclic) bond motifs is 1. The van der Waals surface area contributed by atoms with Crippen molar-refractivity contribution in [2.45, 2.75) is 33.8 Å². The molecule has 2 aromatic heterocycles. The molecule has 1 aliphatic rings. The maximum Gasteiger partial charge on any atom is 0.236 e. The number of carbonyl (C=O) groups excluding carboxylic acids is 1. The van der Waals surface area contributed by atoms with Gasteiger partial charge in [-0.2, -0.15) is 0 Å². The van der Waals surface area contributed by atoms with Crippen LogP contribution in [0.15, 0.2) is 20.1 Å². The molecule has 0 aliphatic carbocycles. The van der Waals surface area contributed by atoms with Gasteiger partial charge in [-0.3, -0.25) is 4.79 Å². The Hall–Kier alpha value is -0.570. The predicted octanol–water partition coefficient (Wildman–Crippen LogP) is 3.39. The Bertz CT molecular complexity index is 639. The maximum absolute atomic E-state index is 12.6. The molecule has 0 bridgehead atoms. The molecule has 0 radical (unpaired) electrons. The van der Waals surface area contributed by atoms with Crippen LogP contribution in [0.5, 0.6) is 0 Å². The van der Waals surface area contributed by atoms with Gasteiger partial charge in [-0.1, -0.05) is 34.9 Å². The van der Waals surface area contributed by atoms with Crippen LogP contribution in [0.1, 0.15) is 17.4 Å². The molecule has 3 heterocycles. The summed E-state index contributed by atoms with van der Waals surface area (Å²) >= 11 is 6.43. The average molecular weight is 358 g/mol. The van der Waals surface area contributed by atoms with Crippen molar-refractivity contribution < 1.29 is 4.79 Å². The molecule has 21 heavy (non-hydrogen) atoms. The van der Waals surface area contributed by atoms with Gasteiger partial charge in [0.25, 0.3) is 0 Å². The minimum Gasteiger partial charge on any atom is -0.337 e. The van der Waals surface area contributed by atoms with Crippen LogP contribution in [0, 0.1) is 0 Å². The molecule has 0 spiro atoms. The van der Waals surface area contributed by atoms with Crippen LogP contribution in [0.3, 0.4) is 0 Å². The monoisotopic (exact) mass is 357 g/mol. The summed E-state index contributed by atoms with van der Waals surface area (Å²) < 4.78 is 1.81. The number of nitrogens with zero attached hydrogens (tertiary/aromatic N) is 3. The summed E-state index contributed by atoms with van der Waals surface area (Å²) in [5, 5.41) is 10.2. The zero-order valence-electron chi connectivity index (χ0n) is 11.7. The Labute approximate surface area is 140 Å². The lowest BCUT2D eigenvalue weighted by atomic mass is 10.1. The summed E-state index contributed by atoms with van der Waals surface area (Å²) in [6.07, 6.45) is 2.96. The van der Waals surface area contributed by atoms with Gasteiger partial charge in [-0.15, -0.1) is 21.5 Å². The highest BCUT2D eigenvalue weighted by atomic mass is 32.2. The van der Waals surface area contributed by atoms with E-state index in [0.717, 1.165) is 28.2 Å². The van der Waals surface area contributed by atoms with E-state index >= 15 is 0 Å². The molecule has 1 unspecified atom stereocenters. The molecular formula is C13H15N3OS4. The quantitative estimate of drug-likeness (QED) is 0.785. The highest BCUT2D eigenvalue weighted by molar-refractivity contribution is 8.03. The first-order valence-electron chi connectivity index (χ1n) is 6.55. The summed E-state index contributed by atoms with van der Waals surface area (Å²) in [7, 11) is 0. The van der Waals surface area contributed by atoms with Crippen LogP contribution in [0.25, 0.3) is 0 Å². The fraction of sp³-hybridized carbons (Fsp3) is 0.462. The van der Waals surface area contributed by atoms with Crippen molar-refractivity contribution in [1.29, 1.82) is 0 Å². The molecule has 4 nitrogen and oxygen atoms in total. The maximum atomic E-state index is 12.6. The van der Waals surface area contributed by atoms with Crippen molar-refractivity contribution in [1.82, 2.24) is 15.1 Å². The van der Waals surface area contributed by atoms with Gasteiger partial charge in [0.15, 0.2) is 8.68 Å². The van der Waals surface area contributed by atoms with Crippen molar-refractivity contribution in [2.75, 3.05) is 12.8 Å². The fourth-order valence-electron chi connectivity index (χ4n) is 2.22. The van der Waals surface area contributed by atoms with Crippen LogP contribution < -0.4 is 0 Å². The topological polar surface area (TPSA) is 46.1 Å². The molecule has 112 valence electrons. The first-order valence-corrected chi connectivity index (χ1v) is 10.4. The number of hydrogen-bond acceptors (Lipinski definition) is 7. The lowest BCUT2D eigenvalue weighted by molar-refractivity contribution is -0.131. The van der Waals surface area contributed by atoms with E-state index in [9.17, 15) is 4.79 Å². The van der Waals surface area contributed by atoms with Crippen LogP contribution in [-0.4, -0.2) is 39.1 Å². The molecule has 0 saturated heterocycles. The minimum absolute atomic E-state index is 0.118. The smallest absolute Gasteiger partial charge is 0.236 e. The summed E-state index contributed by atoms with van der Waals surface area (Å²) in [5.74, 6) is 0.192. The number of aromatic nitrogens is 2. The highest BCUT2D eigenvalue weighted by Gasteiger charge is 2.26. The normalized spacial score (nSPS) is 15.8. The molecule has 0 N–H and O–H groups in total. The molecule has 0 fully saturated rings. The molecular weight excluding hydrogens is 342 g/mol. The van der Waals surface area contributed by atoms with E-state index in [1.807, 2.05) is 18.1 Å².